The molecule has 0 radical (unpaired) electrons. The molecule has 118 valence electrons. The van der Waals surface area contributed by atoms with Crippen molar-refractivity contribution in [3.05, 3.63) is 34.7 Å². The van der Waals surface area contributed by atoms with E-state index in [0.29, 0.717) is 41.7 Å². The van der Waals surface area contributed by atoms with Crippen molar-refractivity contribution in [2.45, 2.75) is 45.4 Å². The SMILES string of the molecule is Cc1ncc(CO)c(CN(C)Cc2nc(C3CC3)no2)c1O. The molecule has 2 aromatic heterocycles. The van der Waals surface area contributed by atoms with Crippen LogP contribution in [-0.2, 0) is 19.7 Å². The zero-order chi connectivity index (χ0) is 15.7. The molecule has 2 N–H and O–H groups in total. The van der Waals surface area contributed by atoms with Crippen molar-refractivity contribution in [3.63, 3.8) is 0 Å². The van der Waals surface area contributed by atoms with Crippen LogP contribution in [0.4, 0.5) is 0 Å². The van der Waals surface area contributed by atoms with Crippen LogP contribution in [0.2, 0.25) is 0 Å². The molecule has 0 saturated heterocycles. The smallest absolute Gasteiger partial charge is 0.240 e. The summed E-state index contributed by atoms with van der Waals surface area (Å²) in [7, 11) is 1.90. The van der Waals surface area contributed by atoms with E-state index in [1.807, 2.05) is 11.9 Å². The summed E-state index contributed by atoms with van der Waals surface area (Å²) >= 11 is 0. The molecule has 2 aromatic rings. The maximum absolute atomic E-state index is 10.2. The molecule has 0 aliphatic heterocycles. The molecule has 1 aliphatic rings. The van der Waals surface area contributed by atoms with Crippen LogP contribution < -0.4 is 0 Å². The molecular formula is C15H20N4O3. The Morgan fingerprint density at radius 2 is 2.14 bits per heavy atom. The van der Waals surface area contributed by atoms with Crippen LogP contribution in [0.1, 0.15) is 47.3 Å². The van der Waals surface area contributed by atoms with Crippen LogP contribution >= 0.6 is 0 Å². The number of rotatable bonds is 6. The average molecular weight is 304 g/mol. The van der Waals surface area contributed by atoms with Crippen LogP contribution in [0.3, 0.4) is 0 Å². The summed E-state index contributed by atoms with van der Waals surface area (Å²) in [5.41, 5.74) is 1.85. The number of hydrogen-bond acceptors (Lipinski definition) is 7. The largest absolute Gasteiger partial charge is 0.506 e. The molecule has 0 unspecified atom stereocenters. The number of nitrogens with zero attached hydrogens (tertiary/aromatic N) is 4. The Balaban J connectivity index is 1.70. The highest BCUT2D eigenvalue weighted by atomic mass is 16.5. The predicted molar refractivity (Wildman–Crippen MR) is 78.0 cm³/mol. The molecule has 2 heterocycles. The minimum absolute atomic E-state index is 0.127. The van der Waals surface area contributed by atoms with Crippen molar-refractivity contribution in [2.75, 3.05) is 7.05 Å². The van der Waals surface area contributed by atoms with Crippen molar-refractivity contribution < 1.29 is 14.7 Å². The van der Waals surface area contributed by atoms with Crippen LogP contribution in [0.25, 0.3) is 0 Å². The standard InChI is InChI=1S/C15H20N4O3/c1-9-14(21)12(11(8-20)5-16-9)6-19(2)7-13-17-15(18-22-13)10-3-4-10/h5,10,20-21H,3-4,6-8H2,1-2H3. The Morgan fingerprint density at radius 1 is 1.36 bits per heavy atom. The monoisotopic (exact) mass is 304 g/mol. The van der Waals surface area contributed by atoms with Gasteiger partial charge in [0.1, 0.15) is 5.75 Å². The minimum Gasteiger partial charge on any atom is -0.506 e. The maximum atomic E-state index is 10.2. The van der Waals surface area contributed by atoms with E-state index in [9.17, 15) is 10.2 Å². The van der Waals surface area contributed by atoms with Gasteiger partial charge in [0.05, 0.1) is 18.8 Å². The summed E-state index contributed by atoms with van der Waals surface area (Å²) in [4.78, 5) is 10.4. The maximum Gasteiger partial charge on any atom is 0.240 e. The molecular weight excluding hydrogens is 284 g/mol. The van der Waals surface area contributed by atoms with Gasteiger partial charge in [0.2, 0.25) is 5.89 Å². The van der Waals surface area contributed by atoms with E-state index >= 15 is 0 Å². The third-order valence-corrected chi connectivity index (χ3v) is 3.86. The average Bonchev–Trinajstić information content (AvgIpc) is 3.25. The highest BCUT2D eigenvalue weighted by Gasteiger charge is 2.28. The molecule has 3 rings (SSSR count). The number of aliphatic hydroxyl groups excluding tert-OH is 1. The Morgan fingerprint density at radius 3 is 2.82 bits per heavy atom. The Hall–Kier alpha value is -1.99. The van der Waals surface area contributed by atoms with Gasteiger partial charge in [0.25, 0.3) is 0 Å². The van der Waals surface area contributed by atoms with Crippen molar-refractivity contribution in [3.8, 4) is 5.75 Å². The van der Waals surface area contributed by atoms with Crippen molar-refractivity contribution >= 4 is 0 Å². The fraction of sp³-hybridized carbons (Fsp3) is 0.533. The summed E-state index contributed by atoms with van der Waals surface area (Å²) in [5.74, 6) is 1.96. The van der Waals surface area contributed by atoms with Gasteiger partial charge in [-0.25, -0.2) is 0 Å². The minimum atomic E-state index is -0.156. The molecule has 0 bridgehead atoms. The zero-order valence-electron chi connectivity index (χ0n) is 12.8. The zero-order valence-corrected chi connectivity index (χ0v) is 12.8. The molecule has 0 spiro atoms. The quantitative estimate of drug-likeness (QED) is 0.834. The fourth-order valence-electron chi connectivity index (χ4n) is 2.39. The van der Waals surface area contributed by atoms with E-state index in [4.69, 9.17) is 4.52 Å². The summed E-state index contributed by atoms with van der Waals surface area (Å²) in [6, 6.07) is 0. The second kappa shape index (κ2) is 6.02. The normalized spacial score (nSPS) is 14.7. The summed E-state index contributed by atoms with van der Waals surface area (Å²) < 4.78 is 5.26. The molecule has 7 nitrogen and oxygen atoms in total. The fourth-order valence-corrected chi connectivity index (χ4v) is 2.39. The Labute approximate surface area is 128 Å². The number of aromatic nitrogens is 3. The van der Waals surface area contributed by atoms with E-state index in [1.165, 1.54) is 0 Å². The summed E-state index contributed by atoms with van der Waals surface area (Å²) in [6.07, 6.45) is 3.87. The molecule has 1 saturated carbocycles. The van der Waals surface area contributed by atoms with Gasteiger partial charge in [-0.3, -0.25) is 9.88 Å². The van der Waals surface area contributed by atoms with E-state index in [-0.39, 0.29) is 12.4 Å². The van der Waals surface area contributed by atoms with Gasteiger partial charge in [-0.1, -0.05) is 5.16 Å². The molecule has 1 fully saturated rings. The first-order valence-corrected chi connectivity index (χ1v) is 7.36. The third kappa shape index (κ3) is 3.10. The molecule has 0 atom stereocenters. The van der Waals surface area contributed by atoms with Crippen LogP contribution in [-0.4, -0.2) is 37.3 Å². The predicted octanol–water partition coefficient (Wildman–Crippen LogP) is 1.48. The molecule has 1 aliphatic carbocycles. The van der Waals surface area contributed by atoms with E-state index in [1.54, 1.807) is 13.1 Å². The number of aryl methyl sites for hydroxylation is 1. The lowest BCUT2D eigenvalue weighted by molar-refractivity contribution is 0.249. The second-order valence-corrected chi connectivity index (χ2v) is 5.85. The highest BCUT2D eigenvalue weighted by Crippen LogP contribution is 2.38. The van der Waals surface area contributed by atoms with Gasteiger partial charge in [-0.15, -0.1) is 0 Å². The number of aromatic hydroxyl groups is 1. The number of hydrogen-bond donors (Lipinski definition) is 2. The second-order valence-electron chi connectivity index (χ2n) is 5.85. The molecule has 0 amide bonds. The first-order chi connectivity index (χ1) is 10.6. The van der Waals surface area contributed by atoms with Gasteiger partial charge in [0, 0.05) is 29.8 Å². The van der Waals surface area contributed by atoms with Gasteiger partial charge < -0.3 is 14.7 Å². The van der Waals surface area contributed by atoms with Gasteiger partial charge >= 0.3 is 0 Å². The molecule has 22 heavy (non-hydrogen) atoms. The van der Waals surface area contributed by atoms with E-state index in [0.717, 1.165) is 18.7 Å². The van der Waals surface area contributed by atoms with Gasteiger partial charge in [-0.2, -0.15) is 4.98 Å². The molecule has 7 heteroatoms. The topological polar surface area (TPSA) is 95.5 Å². The lowest BCUT2D eigenvalue weighted by Crippen LogP contribution is -2.19. The Bertz CT molecular complexity index is 667. The van der Waals surface area contributed by atoms with E-state index < -0.39 is 0 Å². The Kier molecular flexibility index (Phi) is 4.08. The van der Waals surface area contributed by atoms with Crippen molar-refractivity contribution in [2.24, 2.45) is 0 Å². The lowest BCUT2D eigenvalue weighted by Gasteiger charge is -2.18. The highest BCUT2D eigenvalue weighted by molar-refractivity contribution is 5.40. The molecule has 0 aromatic carbocycles. The number of pyridine rings is 1. The van der Waals surface area contributed by atoms with Crippen LogP contribution in [0.15, 0.2) is 10.7 Å². The number of aliphatic hydroxyl groups is 1. The van der Waals surface area contributed by atoms with Crippen LogP contribution in [0.5, 0.6) is 5.75 Å². The van der Waals surface area contributed by atoms with Gasteiger partial charge in [0.15, 0.2) is 5.82 Å². The summed E-state index contributed by atoms with van der Waals surface area (Å²) in [6.45, 7) is 2.54. The van der Waals surface area contributed by atoms with Crippen molar-refractivity contribution in [1.29, 1.82) is 0 Å². The van der Waals surface area contributed by atoms with Crippen LogP contribution in [0, 0.1) is 6.92 Å². The third-order valence-electron chi connectivity index (χ3n) is 3.86. The lowest BCUT2D eigenvalue weighted by atomic mass is 10.1. The van der Waals surface area contributed by atoms with E-state index in [2.05, 4.69) is 15.1 Å². The summed E-state index contributed by atoms with van der Waals surface area (Å²) in [5, 5.41) is 23.5. The van der Waals surface area contributed by atoms with Crippen molar-refractivity contribution in [1.82, 2.24) is 20.0 Å². The first kappa shape index (κ1) is 14.9. The van der Waals surface area contributed by atoms with Gasteiger partial charge in [-0.05, 0) is 26.8 Å². The first-order valence-electron chi connectivity index (χ1n) is 7.36.